The highest BCUT2D eigenvalue weighted by Crippen LogP contribution is 2.26. The molecule has 1 unspecified atom stereocenters. The molecule has 0 aromatic rings. The second-order valence-electron chi connectivity index (χ2n) is 3.02. The van der Waals surface area contributed by atoms with Crippen LogP contribution in [0.15, 0.2) is 0 Å². The number of hydrogen-bond acceptors (Lipinski definition) is 2. The lowest BCUT2D eigenvalue weighted by Gasteiger charge is -2.17. The predicted octanol–water partition coefficient (Wildman–Crippen LogP) is 0.495. The van der Waals surface area contributed by atoms with Crippen molar-refractivity contribution < 1.29 is 5.11 Å². The van der Waals surface area contributed by atoms with Gasteiger partial charge in [0.05, 0.1) is 6.10 Å². The molecule has 0 saturated heterocycles. The molecule has 0 bridgehead atoms. The minimum Gasteiger partial charge on any atom is -0.393 e. The molecule has 1 rings (SSSR count). The minimum atomic E-state index is -0.120. The first-order valence-corrected chi connectivity index (χ1v) is 3.65. The maximum Gasteiger partial charge on any atom is 0.0583 e. The van der Waals surface area contributed by atoms with Crippen LogP contribution in [0.4, 0.5) is 0 Å². The van der Waals surface area contributed by atoms with Crippen LogP contribution in [0.5, 0.6) is 0 Å². The second kappa shape index (κ2) is 2.67. The van der Waals surface area contributed by atoms with Crippen molar-refractivity contribution in [2.75, 3.05) is 0 Å². The lowest BCUT2D eigenvalue weighted by Crippen LogP contribution is -2.31. The van der Waals surface area contributed by atoms with Crippen molar-refractivity contribution >= 4 is 0 Å². The van der Waals surface area contributed by atoms with Crippen LogP contribution >= 0.6 is 0 Å². The summed E-state index contributed by atoms with van der Waals surface area (Å²) in [7, 11) is 0. The Labute approximate surface area is 56.1 Å². The van der Waals surface area contributed by atoms with Crippen LogP contribution in [0.25, 0.3) is 0 Å². The normalized spacial score (nSPS) is 39.0. The zero-order valence-electron chi connectivity index (χ0n) is 5.88. The summed E-state index contributed by atoms with van der Waals surface area (Å²) in [6.45, 7) is 1.97. The van der Waals surface area contributed by atoms with Gasteiger partial charge in [0.15, 0.2) is 0 Å². The molecule has 1 aliphatic carbocycles. The molecule has 0 aliphatic heterocycles. The van der Waals surface area contributed by atoms with E-state index < -0.39 is 0 Å². The summed E-state index contributed by atoms with van der Waals surface area (Å²) in [5.41, 5.74) is 5.63. The van der Waals surface area contributed by atoms with Gasteiger partial charge in [-0.2, -0.15) is 0 Å². The van der Waals surface area contributed by atoms with Gasteiger partial charge in [-0.3, -0.25) is 0 Å². The lowest BCUT2D eigenvalue weighted by molar-refractivity contribution is 0.121. The third-order valence-corrected chi connectivity index (χ3v) is 2.21. The van der Waals surface area contributed by atoms with E-state index in [0.29, 0.717) is 5.92 Å². The van der Waals surface area contributed by atoms with Gasteiger partial charge in [0, 0.05) is 6.04 Å². The van der Waals surface area contributed by atoms with E-state index in [1.807, 2.05) is 6.92 Å². The number of hydrogen-bond donors (Lipinski definition) is 2. The van der Waals surface area contributed by atoms with Crippen molar-refractivity contribution in [3.05, 3.63) is 0 Å². The van der Waals surface area contributed by atoms with Gasteiger partial charge in [0.1, 0.15) is 0 Å². The maximum absolute atomic E-state index is 9.28. The quantitative estimate of drug-likeness (QED) is 0.541. The molecule has 0 amide bonds. The SMILES string of the molecule is CC(N)[C@@H]1CCC[C@@H]1O. The molecule has 1 aliphatic rings. The summed E-state index contributed by atoms with van der Waals surface area (Å²) in [5.74, 6) is 0.366. The monoisotopic (exact) mass is 129 g/mol. The Kier molecular flexibility index (Phi) is 2.09. The number of rotatable bonds is 1. The van der Waals surface area contributed by atoms with Crippen LogP contribution < -0.4 is 5.73 Å². The number of aliphatic hydroxyl groups is 1. The van der Waals surface area contributed by atoms with Crippen LogP contribution in [-0.4, -0.2) is 17.3 Å². The largest absolute Gasteiger partial charge is 0.393 e. The van der Waals surface area contributed by atoms with Gasteiger partial charge < -0.3 is 10.8 Å². The summed E-state index contributed by atoms with van der Waals surface area (Å²) in [5, 5.41) is 9.28. The summed E-state index contributed by atoms with van der Waals surface area (Å²) in [4.78, 5) is 0. The summed E-state index contributed by atoms with van der Waals surface area (Å²) < 4.78 is 0. The van der Waals surface area contributed by atoms with E-state index in [1.54, 1.807) is 0 Å². The lowest BCUT2D eigenvalue weighted by atomic mass is 9.99. The van der Waals surface area contributed by atoms with Gasteiger partial charge in [0.25, 0.3) is 0 Å². The summed E-state index contributed by atoms with van der Waals surface area (Å²) in [6, 6.07) is 0.169. The highest BCUT2D eigenvalue weighted by atomic mass is 16.3. The van der Waals surface area contributed by atoms with Crippen LogP contribution in [0.2, 0.25) is 0 Å². The first kappa shape index (κ1) is 7.03. The molecule has 0 heterocycles. The van der Waals surface area contributed by atoms with Gasteiger partial charge in [-0.1, -0.05) is 6.42 Å². The van der Waals surface area contributed by atoms with E-state index in [-0.39, 0.29) is 12.1 Å². The van der Waals surface area contributed by atoms with E-state index in [2.05, 4.69) is 0 Å². The smallest absolute Gasteiger partial charge is 0.0583 e. The van der Waals surface area contributed by atoms with E-state index in [1.165, 1.54) is 0 Å². The fourth-order valence-electron chi connectivity index (χ4n) is 1.58. The molecule has 2 nitrogen and oxygen atoms in total. The number of nitrogens with two attached hydrogens (primary N) is 1. The topological polar surface area (TPSA) is 46.2 Å². The van der Waals surface area contributed by atoms with Gasteiger partial charge in [0.2, 0.25) is 0 Å². The Hall–Kier alpha value is -0.0800. The Morgan fingerprint density at radius 2 is 2.22 bits per heavy atom. The first-order valence-electron chi connectivity index (χ1n) is 3.65. The van der Waals surface area contributed by atoms with Crippen molar-refractivity contribution in [2.24, 2.45) is 11.7 Å². The molecular formula is C7H15NO. The van der Waals surface area contributed by atoms with E-state index in [4.69, 9.17) is 5.73 Å². The summed E-state index contributed by atoms with van der Waals surface area (Å²) >= 11 is 0. The van der Waals surface area contributed by atoms with Crippen molar-refractivity contribution in [2.45, 2.75) is 38.3 Å². The third-order valence-electron chi connectivity index (χ3n) is 2.21. The molecule has 3 atom stereocenters. The fourth-order valence-corrected chi connectivity index (χ4v) is 1.58. The van der Waals surface area contributed by atoms with Gasteiger partial charge in [-0.05, 0) is 25.7 Å². The zero-order chi connectivity index (χ0) is 6.85. The molecule has 0 radical (unpaired) electrons. The van der Waals surface area contributed by atoms with Crippen LogP contribution in [0.3, 0.4) is 0 Å². The Bertz CT molecular complexity index is 92.9. The predicted molar refractivity (Wildman–Crippen MR) is 37.0 cm³/mol. The highest BCUT2D eigenvalue weighted by Gasteiger charge is 2.27. The van der Waals surface area contributed by atoms with Gasteiger partial charge >= 0.3 is 0 Å². The molecule has 1 fully saturated rings. The third kappa shape index (κ3) is 1.43. The number of aliphatic hydroxyl groups excluding tert-OH is 1. The Balaban J connectivity index is 2.40. The van der Waals surface area contributed by atoms with E-state index in [9.17, 15) is 5.11 Å². The van der Waals surface area contributed by atoms with Gasteiger partial charge in [-0.25, -0.2) is 0 Å². The van der Waals surface area contributed by atoms with Crippen LogP contribution in [-0.2, 0) is 0 Å². The van der Waals surface area contributed by atoms with E-state index in [0.717, 1.165) is 19.3 Å². The zero-order valence-corrected chi connectivity index (χ0v) is 5.88. The summed E-state index contributed by atoms with van der Waals surface area (Å²) in [6.07, 6.45) is 3.09. The molecular weight excluding hydrogens is 114 g/mol. The molecule has 0 aromatic heterocycles. The average molecular weight is 129 g/mol. The fraction of sp³-hybridized carbons (Fsp3) is 1.00. The Morgan fingerprint density at radius 1 is 1.56 bits per heavy atom. The van der Waals surface area contributed by atoms with Crippen molar-refractivity contribution in [1.29, 1.82) is 0 Å². The van der Waals surface area contributed by atoms with Crippen LogP contribution in [0, 0.1) is 5.92 Å². The molecule has 3 N–H and O–H groups in total. The Morgan fingerprint density at radius 3 is 2.44 bits per heavy atom. The van der Waals surface area contributed by atoms with Gasteiger partial charge in [-0.15, -0.1) is 0 Å². The molecule has 0 aromatic carbocycles. The molecule has 9 heavy (non-hydrogen) atoms. The molecule has 0 spiro atoms. The highest BCUT2D eigenvalue weighted by molar-refractivity contribution is 4.81. The standard InChI is InChI=1S/C7H15NO/c1-5(8)6-3-2-4-7(6)9/h5-7,9H,2-4,8H2,1H3/t5?,6-,7-/m0/s1. The van der Waals surface area contributed by atoms with Crippen molar-refractivity contribution in [1.82, 2.24) is 0 Å². The van der Waals surface area contributed by atoms with E-state index >= 15 is 0 Å². The molecule has 54 valence electrons. The van der Waals surface area contributed by atoms with Crippen molar-refractivity contribution in [3.63, 3.8) is 0 Å². The second-order valence-corrected chi connectivity index (χ2v) is 3.02. The first-order chi connectivity index (χ1) is 4.22. The van der Waals surface area contributed by atoms with Crippen molar-refractivity contribution in [3.8, 4) is 0 Å². The average Bonchev–Trinajstić information content (AvgIpc) is 2.13. The van der Waals surface area contributed by atoms with Crippen LogP contribution in [0.1, 0.15) is 26.2 Å². The molecule has 1 saturated carbocycles. The maximum atomic E-state index is 9.28. The molecule has 2 heteroatoms. The minimum absolute atomic E-state index is 0.120.